The van der Waals surface area contributed by atoms with Gasteiger partial charge in [-0.2, -0.15) is 4.57 Å². The van der Waals surface area contributed by atoms with Gasteiger partial charge in [-0.15, -0.1) is 0 Å². The monoisotopic (exact) mass is 429 g/mol. The lowest BCUT2D eigenvalue weighted by Crippen LogP contribution is -2.35. The molecule has 0 aliphatic carbocycles. The Kier molecular flexibility index (Phi) is 6.53. The van der Waals surface area contributed by atoms with E-state index in [1.54, 1.807) is 11.8 Å². The molecule has 4 rings (SSSR count). The van der Waals surface area contributed by atoms with Crippen molar-refractivity contribution < 1.29 is 14.5 Å². The Morgan fingerprint density at radius 2 is 1.87 bits per heavy atom. The predicted octanol–water partition coefficient (Wildman–Crippen LogP) is 5.65. The summed E-state index contributed by atoms with van der Waals surface area (Å²) in [5, 5.41) is 11.3. The molecule has 0 amide bonds. The average Bonchev–Trinajstić information content (AvgIpc) is 3.15. The number of carboxylic acids is 1. The van der Waals surface area contributed by atoms with Crippen LogP contribution in [0.3, 0.4) is 0 Å². The van der Waals surface area contributed by atoms with Crippen molar-refractivity contribution in [1.82, 2.24) is 0 Å². The summed E-state index contributed by atoms with van der Waals surface area (Å²) in [4.78, 5) is 14.6. The summed E-state index contributed by atoms with van der Waals surface area (Å²) in [6.07, 6.45) is 12.5. The number of anilines is 1. The Labute approximate surface area is 186 Å². The molecule has 0 saturated heterocycles. The van der Waals surface area contributed by atoms with E-state index in [1.165, 1.54) is 15.6 Å². The zero-order valence-electron chi connectivity index (χ0n) is 17.4. The summed E-state index contributed by atoms with van der Waals surface area (Å²) in [6, 6.07) is 18.6. The van der Waals surface area contributed by atoms with Gasteiger partial charge in [0.25, 0.3) is 0 Å². The number of hydrogen-bond acceptors (Lipinski definition) is 3. The summed E-state index contributed by atoms with van der Waals surface area (Å²) >= 11 is 1.80. The number of benzene rings is 2. The summed E-state index contributed by atoms with van der Waals surface area (Å²) < 4.78 is 2.00. The van der Waals surface area contributed by atoms with Crippen LogP contribution in [0.5, 0.6) is 0 Å². The third-order valence-electron chi connectivity index (χ3n) is 5.21. The number of thioether (sulfide) groups is 1. The molecule has 1 aliphatic rings. The van der Waals surface area contributed by atoms with Gasteiger partial charge in [0, 0.05) is 23.6 Å². The average molecular weight is 430 g/mol. The van der Waals surface area contributed by atoms with E-state index >= 15 is 0 Å². The molecule has 0 radical (unpaired) electrons. The van der Waals surface area contributed by atoms with Gasteiger partial charge < -0.3 is 10.0 Å². The number of aromatic nitrogens is 1. The number of allylic oxidation sites excluding steroid dienone is 4. The second-order valence-corrected chi connectivity index (χ2v) is 8.25. The number of rotatable bonds is 7. The summed E-state index contributed by atoms with van der Waals surface area (Å²) in [6.45, 7) is 3.57. The van der Waals surface area contributed by atoms with Crippen LogP contribution in [0.15, 0.2) is 95.0 Å². The highest BCUT2D eigenvalue weighted by atomic mass is 32.2. The van der Waals surface area contributed by atoms with Gasteiger partial charge in [0.15, 0.2) is 12.7 Å². The molecule has 1 aromatic heterocycles. The van der Waals surface area contributed by atoms with Crippen LogP contribution >= 0.6 is 11.8 Å². The van der Waals surface area contributed by atoms with Crippen LogP contribution in [0.2, 0.25) is 0 Å². The number of para-hydroxylation sites is 2. The number of pyridine rings is 1. The molecular weight excluding hydrogens is 404 g/mol. The fraction of sp³-hybridized carbons (Fsp3) is 0.154. The van der Waals surface area contributed by atoms with Crippen LogP contribution in [0.1, 0.15) is 18.9 Å². The minimum atomic E-state index is -0.787. The number of aliphatic carboxylic acids is 1. The van der Waals surface area contributed by atoms with Crippen LogP contribution in [0, 0.1) is 0 Å². The van der Waals surface area contributed by atoms with Crippen LogP contribution in [-0.4, -0.2) is 17.6 Å². The highest BCUT2D eigenvalue weighted by molar-refractivity contribution is 8.03. The SMILES string of the molecule is CCN1C(=CC=CC=Cc2cc[n+](CCC(=O)O)c3ccccc23)Sc2ccccc21. The maximum absolute atomic E-state index is 10.9. The smallest absolute Gasteiger partial charge is 0.309 e. The maximum atomic E-state index is 10.9. The van der Waals surface area contributed by atoms with Crippen molar-refractivity contribution in [3.8, 4) is 0 Å². The molecule has 0 atom stereocenters. The van der Waals surface area contributed by atoms with E-state index < -0.39 is 5.97 Å². The summed E-state index contributed by atoms with van der Waals surface area (Å²) in [5.41, 5.74) is 3.42. The number of hydrogen-bond donors (Lipinski definition) is 1. The van der Waals surface area contributed by atoms with Crippen molar-refractivity contribution in [2.75, 3.05) is 11.4 Å². The standard InChI is InChI=1S/C26H24N2O2S/c1-2-28-23-13-8-9-14-24(23)31-25(28)15-5-3-4-10-20-16-18-27(19-17-26(29)30)22-12-7-6-11-21(20)22/h3-16,18H,2,17,19H2,1H3/p+1. The van der Waals surface area contributed by atoms with E-state index in [-0.39, 0.29) is 6.42 Å². The molecule has 0 saturated carbocycles. The van der Waals surface area contributed by atoms with E-state index in [2.05, 4.69) is 60.4 Å². The van der Waals surface area contributed by atoms with Gasteiger partial charge in [-0.1, -0.05) is 60.3 Å². The Morgan fingerprint density at radius 1 is 1.06 bits per heavy atom. The number of nitrogens with zero attached hydrogens (tertiary/aromatic N) is 2. The lowest BCUT2D eigenvalue weighted by atomic mass is 10.1. The third kappa shape index (κ3) is 4.72. The first-order valence-corrected chi connectivity index (χ1v) is 11.2. The van der Waals surface area contributed by atoms with Crippen LogP contribution < -0.4 is 9.47 Å². The normalized spacial score (nSPS) is 14.9. The van der Waals surface area contributed by atoms with Gasteiger partial charge in [-0.25, -0.2) is 0 Å². The minimum absolute atomic E-state index is 0.109. The third-order valence-corrected chi connectivity index (χ3v) is 6.35. The van der Waals surface area contributed by atoms with Crippen LogP contribution in [-0.2, 0) is 11.3 Å². The van der Waals surface area contributed by atoms with Crippen LogP contribution in [0.25, 0.3) is 17.0 Å². The van der Waals surface area contributed by atoms with Gasteiger partial charge in [-0.05, 0) is 36.8 Å². The minimum Gasteiger partial charge on any atom is -0.481 e. The lowest BCUT2D eigenvalue weighted by Gasteiger charge is -2.17. The first-order valence-electron chi connectivity index (χ1n) is 10.4. The quantitative estimate of drug-likeness (QED) is 0.390. The van der Waals surface area contributed by atoms with Crippen molar-refractivity contribution >= 4 is 40.4 Å². The van der Waals surface area contributed by atoms with Crippen molar-refractivity contribution in [2.45, 2.75) is 24.8 Å². The molecule has 0 spiro atoms. The van der Waals surface area contributed by atoms with Crippen molar-refractivity contribution in [2.24, 2.45) is 0 Å². The molecule has 1 aliphatic heterocycles. The molecule has 2 heterocycles. The largest absolute Gasteiger partial charge is 0.481 e. The molecule has 156 valence electrons. The van der Waals surface area contributed by atoms with E-state index in [1.807, 2.05) is 47.2 Å². The molecule has 2 aromatic carbocycles. The highest BCUT2D eigenvalue weighted by Crippen LogP contribution is 2.45. The number of carbonyl (C=O) groups is 1. The van der Waals surface area contributed by atoms with E-state index in [0.29, 0.717) is 6.54 Å². The first kappa shape index (κ1) is 20.9. The van der Waals surface area contributed by atoms with Crippen molar-refractivity contribution in [3.63, 3.8) is 0 Å². The van der Waals surface area contributed by atoms with Crippen molar-refractivity contribution in [3.05, 3.63) is 95.7 Å². The topological polar surface area (TPSA) is 44.4 Å². The van der Waals surface area contributed by atoms with Gasteiger partial charge in [0.2, 0.25) is 5.52 Å². The fourth-order valence-corrected chi connectivity index (χ4v) is 4.87. The number of carboxylic acid groups (broad SMARTS) is 1. The molecule has 31 heavy (non-hydrogen) atoms. The van der Waals surface area contributed by atoms with E-state index in [9.17, 15) is 4.79 Å². The predicted molar refractivity (Wildman–Crippen MR) is 128 cm³/mol. The summed E-state index contributed by atoms with van der Waals surface area (Å²) in [5.74, 6) is -0.787. The molecule has 5 heteroatoms. The number of fused-ring (bicyclic) bond motifs is 2. The molecule has 4 nitrogen and oxygen atoms in total. The molecule has 0 fully saturated rings. The molecule has 0 unspecified atom stereocenters. The van der Waals surface area contributed by atoms with Gasteiger partial charge >= 0.3 is 5.97 Å². The molecule has 0 bridgehead atoms. The number of aryl methyl sites for hydroxylation is 1. The Balaban J connectivity index is 1.51. The summed E-state index contributed by atoms with van der Waals surface area (Å²) in [7, 11) is 0. The first-order chi connectivity index (χ1) is 15.2. The van der Waals surface area contributed by atoms with Crippen molar-refractivity contribution in [1.29, 1.82) is 0 Å². The Bertz CT molecular complexity index is 1200. The van der Waals surface area contributed by atoms with Crippen LogP contribution in [0.4, 0.5) is 5.69 Å². The molecule has 3 aromatic rings. The lowest BCUT2D eigenvalue weighted by molar-refractivity contribution is -0.670. The second kappa shape index (κ2) is 9.67. The molecule has 1 N–H and O–H groups in total. The zero-order valence-corrected chi connectivity index (χ0v) is 18.3. The van der Waals surface area contributed by atoms with E-state index in [0.717, 1.165) is 23.0 Å². The Morgan fingerprint density at radius 3 is 2.71 bits per heavy atom. The highest BCUT2D eigenvalue weighted by Gasteiger charge is 2.22. The van der Waals surface area contributed by atoms with E-state index in [4.69, 9.17) is 5.11 Å². The van der Waals surface area contributed by atoms with Gasteiger partial charge in [0.1, 0.15) is 6.42 Å². The molecular formula is C26H25N2O2S+. The van der Waals surface area contributed by atoms with Gasteiger partial charge in [-0.3, -0.25) is 4.79 Å². The zero-order chi connectivity index (χ0) is 21.6. The van der Waals surface area contributed by atoms with Gasteiger partial charge in [0.05, 0.1) is 16.1 Å². The maximum Gasteiger partial charge on any atom is 0.309 e. The second-order valence-electron chi connectivity index (χ2n) is 7.19. The Hall–Kier alpha value is -3.31. The fourth-order valence-electron chi connectivity index (χ4n) is 3.73.